The lowest BCUT2D eigenvalue weighted by molar-refractivity contribution is -0.118. The summed E-state index contributed by atoms with van der Waals surface area (Å²) in [5.41, 5.74) is 7.85. The van der Waals surface area contributed by atoms with Crippen LogP contribution in [0.5, 0.6) is 0 Å². The van der Waals surface area contributed by atoms with Crippen molar-refractivity contribution >= 4 is 29.0 Å². The first-order valence-electron chi connectivity index (χ1n) is 6.32. The molecular weight excluding hydrogens is 293 g/mol. The molecule has 1 atom stereocenters. The van der Waals surface area contributed by atoms with E-state index in [1.165, 1.54) is 0 Å². The molecule has 2 rings (SSSR count). The Kier molecular flexibility index (Phi) is 5.18. The second kappa shape index (κ2) is 6.89. The normalized spacial score (nSPS) is 12.2. The third kappa shape index (κ3) is 4.07. The quantitative estimate of drug-likeness (QED) is 0.899. The highest BCUT2D eigenvalue weighted by molar-refractivity contribution is 6.42. The molecule has 0 aliphatic heterocycles. The molecule has 0 fully saturated rings. The van der Waals surface area contributed by atoms with Gasteiger partial charge in [-0.25, -0.2) is 0 Å². The minimum Gasteiger partial charge on any atom is -0.324 e. The third-order valence-corrected chi connectivity index (χ3v) is 3.80. The van der Waals surface area contributed by atoms with Crippen molar-refractivity contribution in [1.29, 1.82) is 0 Å². The van der Waals surface area contributed by atoms with Gasteiger partial charge in [-0.15, -0.1) is 0 Å². The van der Waals surface area contributed by atoms with Gasteiger partial charge in [-0.2, -0.15) is 0 Å². The maximum Gasteiger partial charge on any atom is 0.139 e. The molecule has 0 spiro atoms. The molecule has 0 aromatic heterocycles. The molecule has 2 nitrogen and oxygen atoms in total. The van der Waals surface area contributed by atoms with E-state index in [4.69, 9.17) is 28.9 Å². The highest BCUT2D eigenvalue weighted by atomic mass is 35.5. The molecule has 0 saturated carbocycles. The fourth-order valence-corrected chi connectivity index (χ4v) is 2.33. The predicted octanol–water partition coefficient (Wildman–Crippen LogP) is 4.20. The molecule has 0 aliphatic rings. The van der Waals surface area contributed by atoms with Crippen LogP contribution in [0.2, 0.25) is 10.0 Å². The van der Waals surface area contributed by atoms with Crippen molar-refractivity contribution in [3.8, 4) is 0 Å². The number of benzene rings is 2. The van der Waals surface area contributed by atoms with Gasteiger partial charge in [-0.3, -0.25) is 4.79 Å². The van der Waals surface area contributed by atoms with Crippen molar-refractivity contribution in [2.45, 2.75) is 18.9 Å². The van der Waals surface area contributed by atoms with Gasteiger partial charge in [0.15, 0.2) is 0 Å². The number of nitrogens with two attached hydrogens (primary N) is 1. The zero-order valence-corrected chi connectivity index (χ0v) is 12.4. The lowest BCUT2D eigenvalue weighted by Gasteiger charge is -2.11. The van der Waals surface area contributed by atoms with E-state index in [9.17, 15) is 4.79 Å². The van der Waals surface area contributed by atoms with Gasteiger partial charge in [-0.05, 0) is 23.3 Å². The van der Waals surface area contributed by atoms with Crippen LogP contribution >= 0.6 is 23.2 Å². The van der Waals surface area contributed by atoms with Crippen molar-refractivity contribution in [1.82, 2.24) is 0 Å². The van der Waals surface area contributed by atoms with E-state index in [-0.39, 0.29) is 11.8 Å². The average Bonchev–Trinajstić information content (AvgIpc) is 2.44. The Bertz CT molecular complexity index is 599. The van der Waals surface area contributed by atoms with E-state index in [2.05, 4.69) is 0 Å². The summed E-state index contributed by atoms with van der Waals surface area (Å²) >= 11 is 11.8. The lowest BCUT2D eigenvalue weighted by atomic mass is 9.99. The summed E-state index contributed by atoms with van der Waals surface area (Å²) in [6.45, 7) is 0. The van der Waals surface area contributed by atoms with Crippen molar-refractivity contribution < 1.29 is 4.79 Å². The predicted molar refractivity (Wildman–Crippen MR) is 83.2 cm³/mol. The van der Waals surface area contributed by atoms with E-state index >= 15 is 0 Å². The molecule has 0 aliphatic carbocycles. The van der Waals surface area contributed by atoms with Gasteiger partial charge in [0.2, 0.25) is 0 Å². The number of rotatable bonds is 5. The van der Waals surface area contributed by atoms with Gasteiger partial charge in [0, 0.05) is 18.9 Å². The van der Waals surface area contributed by atoms with Crippen LogP contribution in [0.25, 0.3) is 0 Å². The number of ketones is 1. The van der Waals surface area contributed by atoms with E-state index in [1.54, 1.807) is 18.2 Å². The van der Waals surface area contributed by atoms with Crippen LogP contribution in [0.1, 0.15) is 23.6 Å². The summed E-state index contributed by atoms with van der Waals surface area (Å²) < 4.78 is 0. The standard InChI is InChI=1S/C16H15Cl2NO/c17-14-7-6-11(9-15(14)18)8-13(20)10-16(19)12-4-2-1-3-5-12/h1-7,9,16H,8,10,19H2. The largest absolute Gasteiger partial charge is 0.324 e. The molecule has 4 heteroatoms. The summed E-state index contributed by atoms with van der Waals surface area (Å²) in [5, 5.41) is 0.952. The van der Waals surface area contributed by atoms with Crippen molar-refractivity contribution in [2.24, 2.45) is 5.73 Å². The van der Waals surface area contributed by atoms with Crippen molar-refractivity contribution in [2.75, 3.05) is 0 Å². The number of halogens is 2. The first-order chi connectivity index (χ1) is 9.56. The van der Waals surface area contributed by atoms with Crippen LogP contribution in [0.15, 0.2) is 48.5 Å². The Hall–Kier alpha value is -1.35. The zero-order chi connectivity index (χ0) is 14.5. The summed E-state index contributed by atoms with van der Waals surface area (Å²) in [4.78, 5) is 12.0. The maximum atomic E-state index is 12.0. The molecule has 2 aromatic carbocycles. The second-order valence-electron chi connectivity index (χ2n) is 4.69. The van der Waals surface area contributed by atoms with Crippen LogP contribution in [-0.4, -0.2) is 5.78 Å². The first kappa shape index (κ1) is 15.0. The Morgan fingerprint density at radius 3 is 2.40 bits per heavy atom. The van der Waals surface area contributed by atoms with Crippen LogP contribution in [0.4, 0.5) is 0 Å². The van der Waals surface area contributed by atoms with Gasteiger partial charge in [0.1, 0.15) is 5.78 Å². The van der Waals surface area contributed by atoms with Gasteiger partial charge in [0.25, 0.3) is 0 Å². The second-order valence-corrected chi connectivity index (χ2v) is 5.50. The zero-order valence-electron chi connectivity index (χ0n) is 10.9. The first-order valence-corrected chi connectivity index (χ1v) is 7.08. The molecule has 0 heterocycles. The minimum absolute atomic E-state index is 0.0831. The summed E-state index contributed by atoms with van der Waals surface area (Å²) in [7, 11) is 0. The third-order valence-electron chi connectivity index (χ3n) is 3.06. The number of carbonyl (C=O) groups excluding carboxylic acids is 1. The van der Waals surface area contributed by atoms with Crippen LogP contribution < -0.4 is 5.73 Å². The average molecular weight is 308 g/mol. The molecule has 0 amide bonds. The van der Waals surface area contributed by atoms with E-state index in [0.29, 0.717) is 22.9 Å². The molecule has 0 radical (unpaired) electrons. The Morgan fingerprint density at radius 2 is 1.75 bits per heavy atom. The smallest absolute Gasteiger partial charge is 0.139 e. The molecule has 1 unspecified atom stereocenters. The molecule has 2 N–H and O–H groups in total. The van der Waals surface area contributed by atoms with Crippen LogP contribution in [0, 0.1) is 0 Å². The fraction of sp³-hybridized carbons (Fsp3) is 0.188. The van der Waals surface area contributed by atoms with E-state index < -0.39 is 0 Å². The topological polar surface area (TPSA) is 43.1 Å². The van der Waals surface area contributed by atoms with Crippen molar-refractivity contribution in [3.05, 3.63) is 69.7 Å². The summed E-state index contributed by atoms with van der Waals surface area (Å²) in [6, 6.07) is 14.6. The lowest BCUT2D eigenvalue weighted by Crippen LogP contribution is -2.16. The Labute approximate surface area is 128 Å². The van der Waals surface area contributed by atoms with E-state index in [0.717, 1.165) is 11.1 Å². The highest BCUT2D eigenvalue weighted by Gasteiger charge is 2.12. The molecular formula is C16H15Cl2NO. The van der Waals surface area contributed by atoms with Crippen LogP contribution in [-0.2, 0) is 11.2 Å². The van der Waals surface area contributed by atoms with Crippen molar-refractivity contribution in [3.63, 3.8) is 0 Å². The molecule has 0 saturated heterocycles. The van der Waals surface area contributed by atoms with Gasteiger partial charge in [0.05, 0.1) is 10.0 Å². The molecule has 2 aromatic rings. The molecule has 104 valence electrons. The van der Waals surface area contributed by atoms with Gasteiger partial charge in [-0.1, -0.05) is 59.6 Å². The monoisotopic (exact) mass is 307 g/mol. The molecule has 0 bridgehead atoms. The van der Waals surface area contributed by atoms with E-state index in [1.807, 2.05) is 30.3 Å². The van der Waals surface area contributed by atoms with Gasteiger partial charge >= 0.3 is 0 Å². The van der Waals surface area contributed by atoms with Crippen LogP contribution in [0.3, 0.4) is 0 Å². The SMILES string of the molecule is NC(CC(=O)Cc1ccc(Cl)c(Cl)c1)c1ccccc1. The number of Topliss-reactive ketones (excluding diaryl/α,β-unsaturated/α-hetero) is 1. The molecule has 20 heavy (non-hydrogen) atoms. The number of hydrogen-bond acceptors (Lipinski definition) is 2. The number of hydrogen-bond donors (Lipinski definition) is 1. The Balaban J connectivity index is 1.97. The highest BCUT2D eigenvalue weighted by Crippen LogP contribution is 2.23. The minimum atomic E-state index is -0.272. The van der Waals surface area contributed by atoms with Gasteiger partial charge < -0.3 is 5.73 Å². The summed E-state index contributed by atoms with van der Waals surface area (Å²) in [6.07, 6.45) is 0.627. The Morgan fingerprint density at radius 1 is 1.05 bits per heavy atom. The maximum absolute atomic E-state index is 12.0. The summed E-state index contributed by atoms with van der Waals surface area (Å²) in [5.74, 6) is 0.0831. The fourth-order valence-electron chi connectivity index (χ4n) is 2.01. The number of carbonyl (C=O) groups is 1.